The first-order valence-corrected chi connectivity index (χ1v) is 7.45. The zero-order valence-corrected chi connectivity index (χ0v) is 13.0. The molecule has 1 aliphatic heterocycles. The number of Topliss-reactive ketones (excluding diaryl/α,β-unsaturated/α-hetero) is 1. The summed E-state index contributed by atoms with van der Waals surface area (Å²) in [5.74, 6) is -1.56. The number of piperidine rings is 1. The van der Waals surface area contributed by atoms with Crippen molar-refractivity contribution in [3.8, 4) is 0 Å². The van der Waals surface area contributed by atoms with Gasteiger partial charge in [-0.25, -0.2) is 0 Å². The second-order valence-corrected chi connectivity index (χ2v) is 5.62. The standard InChI is InChI=1S/C17H21NO4/c1-12-4-3-5-13(10-12)6-7-16(20)18-9-8-15(19)14(11-18)17(21)22-2/h3-5,10,14H,6-9,11H2,1-2H3. The van der Waals surface area contributed by atoms with Crippen molar-refractivity contribution in [1.82, 2.24) is 4.90 Å². The second-order valence-electron chi connectivity index (χ2n) is 5.62. The topological polar surface area (TPSA) is 63.7 Å². The number of aryl methyl sites for hydroxylation is 2. The lowest BCUT2D eigenvalue weighted by molar-refractivity contribution is -0.153. The summed E-state index contributed by atoms with van der Waals surface area (Å²) in [6.07, 6.45) is 1.26. The van der Waals surface area contributed by atoms with Gasteiger partial charge in [-0.05, 0) is 18.9 Å². The lowest BCUT2D eigenvalue weighted by atomic mass is 9.96. The number of benzene rings is 1. The van der Waals surface area contributed by atoms with Crippen LogP contribution in [0.5, 0.6) is 0 Å². The highest BCUT2D eigenvalue weighted by atomic mass is 16.5. The Morgan fingerprint density at radius 1 is 1.36 bits per heavy atom. The van der Waals surface area contributed by atoms with Crippen molar-refractivity contribution < 1.29 is 19.1 Å². The molecule has 1 aliphatic rings. The molecule has 118 valence electrons. The molecule has 5 nitrogen and oxygen atoms in total. The van der Waals surface area contributed by atoms with Crippen molar-refractivity contribution in [3.05, 3.63) is 35.4 Å². The second kappa shape index (κ2) is 7.20. The maximum absolute atomic E-state index is 12.3. The lowest BCUT2D eigenvalue weighted by Crippen LogP contribution is -2.47. The summed E-state index contributed by atoms with van der Waals surface area (Å²) in [6, 6.07) is 8.05. The van der Waals surface area contributed by atoms with E-state index >= 15 is 0 Å². The third-order valence-electron chi connectivity index (χ3n) is 3.97. The Labute approximate surface area is 130 Å². The number of ketones is 1. The van der Waals surface area contributed by atoms with Crippen LogP contribution >= 0.6 is 0 Å². The maximum Gasteiger partial charge on any atom is 0.318 e. The predicted molar refractivity (Wildman–Crippen MR) is 81.2 cm³/mol. The molecule has 1 aromatic rings. The molecule has 0 N–H and O–H groups in total. The number of hydrogen-bond donors (Lipinski definition) is 0. The van der Waals surface area contributed by atoms with Gasteiger partial charge in [-0.3, -0.25) is 14.4 Å². The third-order valence-corrected chi connectivity index (χ3v) is 3.97. The Hall–Kier alpha value is -2.17. The minimum Gasteiger partial charge on any atom is -0.468 e. The van der Waals surface area contributed by atoms with Gasteiger partial charge in [0.1, 0.15) is 5.92 Å². The van der Waals surface area contributed by atoms with Crippen LogP contribution < -0.4 is 0 Å². The average Bonchev–Trinajstić information content (AvgIpc) is 2.52. The summed E-state index contributed by atoms with van der Waals surface area (Å²) in [7, 11) is 1.26. The molecule has 1 aromatic carbocycles. The van der Waals surface area contributed by atoms with Crippen LogP contribution in [0.1, 0.15) is 24.0 Å². The number of nitrogens with zero attached hydrogens (tertiary/aromatic N) is 1. The van der Waals surface area contributed by atoms with E-state index < -0.39 is 11.9 Å². The van der Waals surface area contributed by atoms with Crippen LogP contribution in [0, 0.1) is 12.8 Å². The summed E-state index contributed by atoms with van der Waals surface area (Å²) in [5.41, 5.74) is 2.28. The van der Waals surface area contributed by atoms with E-state index in [1.807, 2.05) is 25.1 Å². The van der Waals surface area contributed by atoms with E-state index in [-0.39, 0.29) is 24.7 Å². The van der Waals surface area contributed by atoms with Crippen molar-refractivity contribution >= 4 is 17.7 Å². The van der Waals surface area contributed by atoms with Gasteiger partial charge >= 0.3 is 5.97 Å². The van der Waals surface area contributed by atoms with E-state index in [4.69, 9.17) is 0 Å². The van der Waals surface area contributed by atoms with Gasteiger partial charge in [-0.1, -0.05) is 29.8 Å². The highest BCUT2D eigenvalue weighted by Crippen LogP contribution is 2.16. The summed E-state index contributed by atoms with van der Waals surface area (Å²) in [4.78, 5) is 37.2. The van der Waals surface area contributed by atoms with Crippen LogP contribution in [0.2, 0.25) is 0 Å². The Morgan fingerprint density at radius 2 is 2.14 bits per heavy atom. The van der Waals surface area contributed by atoms with Crippen LogP contribution in [0.15, 0.2) is 24.3 Å². The van der Waals surface area contributed by atoms with E-state index in [1.165, 1.54) is 12.7 Å². The minimum atomic E-state index is -0.832. The number of rotatable bonds is 4. The monoisotopic (exact) mass is 303 g/mol. The predicted octanol–water partition coefficient (Wildman–Crippen LogP) is 1.52. The van der Waals surface area contributed by atoms with E-state index in [0.29, 0.717) is 19.4 Å². The van der Waals surface area contributed by atoms with E-state index in [9.17, 15) is 14.4 Å². The van der Waals surface area contributed by atoms with Crippen molar-refractivity contribution in [2.75, 3.05) is 20.2 Å². The molecule has 1 fully saturated rings. The molecular formula is C17H21NO4. The summed E-state index contributed by atoms with van der Waals surface area (Å²) >= 11 is 0. The fourth-order valence-electron chi connectivity index (χ4n) is 2.68. The number of likely N-dealkylation sites (tertiary alicyclic amines) is 1. The average molecular weight is 303 g/mol. The quantitative estimate of drug-likeness (QED) is 0.625. The van der Waals surface area contributed by atoms with Crippen LogP contribution in [-0.4, -0.2) is 42.8 Å². The van der Waals surface area contributed by atoms with Crippen molar-refractivity contribution in [3.63, 3.8) is 0 Å². The molecule has 0 bridgehead atoms. The van der Waals surface area contributed by atoms with Crippen molar-refractivity contribution in [2.24, 2.45) is 5.92 Å². The van der Waals surface area contributed by atoms with E-state index in [0.717, 1.165) is 5.56 Å². The molecule has 5 heteroatoms. The van der Waals surface area contributed by atoms with Gasteiger partial charge in [0.25, 0.3) is 0 Å². The number of esters is 1. The van der Waals surface area contributed by atoms with Gasteiger partial charge in [0, 0.05) is 25.9 Å². The van der Waals surface area contributed by atoms with Crippen LogP contribution in [0.25, 0.3) is 0 Å². The maximum atomic E-state index is 12.3. The summed E-state index contributed by atoms with van der Waals surface area (Å²) < 4.78 is 4.63. The molecule has 2 rings (SSSR count). The molecule has 22 heavy (non-hydrogen) atoms. The number of carbonyl (C=O) groups excluding carboxylic acids is 3. The molecule has 0 saturated carbocycles. The smallest absolute Gasteiger partial charge is 0.318 e. The summed E-state index contributed by atoms with van der Waals surface area (Å²) in [6.45, 7) is 2.54. The Morgan fingerprint density at radius 3 is 2.82 bits per heavy atom. The molecule has 1 heterocycles. The zero-order valence-electron chi connectivity index (χ0n) is 13.0. The SMILES string of the molecule is COC(=O)C1CN(C(=O)CCc2cccc(C)c2)CCC1=O. The van der Waals surface area contributed by atoms with Gasteiger partial charge in [0.05, 0.1) is 7.11 Å². The van der Waals surface area contributed by atoms with E-state index in [2.05, 4.69) is 10.8 Å². The van der Waals surface area contributed by atoms with Crippen molar-refractivity contribution in [1.29, 1.82) is 0 Å². The van der Waals surface area contributed by atoms with Gasteiger partial charge < -0.3 is 9.64 Å². The highest BCUT2D eigenvalue weighted by Gasteiger charge is 2.35. The summed E-state index contributed by atoms with van der Waals surface area (Å²) in [5, 5.41) is 0. The molecule has 0 radical (unpaired) electrons. The normalized spacial score (nSPS) is 18.2. The third kappa shape index (κ3) is 3.93. The van der Waals surface area contributed by atoms with Gasteiger partial charge in [-0.15, -0.1) is 0 Å². The largest absolute Gasteiger partial charge is 0.468 e. The van der Waals surface area contributed by atoms with Crippen LogP contribution in [0.3, 0.4) is 0 Å². The number of methoxy groups -OCH3 is 1. The fraction of sp³-hybridized carbons (Fsp3) is 0.471. The first-order valence-electron chi connectivity index (χ1n) is 7.45. The highest BCUT2D eigenvalue weighted by molar-refractivity contribution is 6.00. The van der Waals surface area contributed by atoms with Gasteiger partial charge in [-0.2, -0.15) is 0 Å². The number of hydrogen-bond acceptors (Lipinski definition) is 4. The minimum absolute atomic E-state index is 0.0251. The number of carbonyl (C=O) groups is 3. The van der Waals surface area contributed by atoms with Crippen molar-refractivity contribution in [2.45, 2.75) is 26.2 Å². The molecule has 1 saturated heterocycles. The first-order chi connectivity index (χ1) is 10.5. The molecule has 1 unspecified atom stereocenters. The Balaban J connectivity index is 1.92. The van der Waals surface area contributed by atoms with Crippen LogP contribution in [0.4, 0.5) is 0 Å². The lowest BCUT2D eigenvalue weighted by Gasteiger charge is -2.30. The first kappa shape index (κ1) is 16.2. The number of ether oxygens (including phenoxy) is 1. The fourth-order valence-corrected chi connectivity index (χ4v) is 2.68. The number of amides is 1. The van der Waals surface area contributed by atoms with Crippen LogP contribution in [-0.2, 0) is 25.5 Å². The molecule has 0 aromatic heterocycles. The Kier molecular flexibility index (Phi) is 5.31. The molecule has 1 atom stereocenters. The molecular weight excluding hydrogens is 282 g/mol. The van der Waals surface area contributed by atoms with Gasteiger partial charge in [0.15, 0.2) is 5.78 Å². The molecule has 1 amide bonds. The Bertz CT molecular complexity index is 574. The van der Waals surface area contributed by atoms with Gasteiger partial charge in [0.2, 0.25) is 5.91 Å². The zero-order chi connectivity index (χ0) is 16.1. The molecule has 0 spiro atoms. The molecule has 0 aliphatic carbocycles. The van der Waals surface area contributed by atoms with E-state index in [1.54, 1.807) is 4.90 Å².